The van der Waals surface area contributed by atoms with Gasteiger partial charge in [0.2, 0.25) is 0 Å². The Morgan fingerprint density at radius 2 is 2.55 bits per heavy atom. The average molecular weight is 155 g/mol. The summed E-state index contributed by atoms with van der Waals surface area (Å²) in [6.07, 6.45) is 0.738. The smallest absolute Gasteiger partial charge is 0.145 e. The molecule has 0 saturated carbocycles. The van der Waals surface area contributed by atoms with E-state index < -0.39 is 0 Å². The first-order valence-corrected chi connectivity index (χ1v) is 3.65. The van der Waals surface area contributed by atoms with Crippen LogP contribution in [0.25, 0.3) is 0 Å². The van der Waals surface area contributed by atoms with E-state index in [-0.39, 0.29) is 6.61 Å². The monoisotopic (exact) mass is 155 g/mol. The highest BCUT2D eigenvalue weighted by atomic mass is 16.3. The van der Waals surface area contributed by atoms with E-state index in [0.29, 0.717) is 11.7 Å². The number of nitrogens with two attached hydrogens (primary N) is 1. The van der Waals surface area contributed by atoms with Gasteiger partial charge in [0.05, 0.1) is 0 Å². The van der Waals surface area contributed by atoms with Crippen molar-refractivity contribution in [1.82, 2.24) is 10.2 Å². The highest BCUT2D eigenvalue weighted by Gasteiger charge is 2.06. The fourth-order valence-electron chi connectivity index (χ4n) is 0.955. The topological polar surface area (TPSA) is 74.9 Å². The number of H-pyrrole nitrogens is 1. The van der Waals surface area contributed by atoms with Crippen LogP contribution in [-0.4, -0.2) is 21.9 Å². The van der Waals surface area contributed by atoms with Crippen molar-refractivity contribution < 1.29 is 5.11 Å². The van der Waals surface area contributed by atoms with Crippen LogP contribution in [0.15, 0.2) is 6.07 Å². The van der Waals surface area contributed by atoms with Gasteiger partial charge in [-0.05, 0) is 6.42 Å². The predicted molar refractivity (Wildman–Crippen MR) is 43.1 cm³/mol. The standard InChI is InChI=1S/C7H13N3O/c1-5(2-3-11)6-4-7(8)10-9-6/h4-5,11H,2-3H2,1H3,(H3,8,9,10). The van der Waals surface area contributed by atoms with Crippen LogP contribution in [0.5, 0.6) is 0 Å². The number of nitrogens with zero attached hydrogens (tertiary/aromatic N) is 1. The summed E-state index contributed by atoms with van der Waals surface area (Å²) in [7, 11) is 0. The fraction of sp³-hybridized carbons (Fsp3) is 0.571. The van der Waals surface area contributed by atoms with Crippen LogP contribution < -0.4 is 5.73 Å². The van der Waals surface area contributed by atoms with Gasteiger partial charge in [0.15, 0.2) is 0 Å². The summed E-state index contributed by atoms with van der Waals surface area (Å²) < 4.78 is 0. The maximum atomic E-state index is 8.64. The summed E-state index contributed by atoms with van der Waals surface area (Å²) in [6.45, 7) is 2.21. The molecule has 0 amide bonds. The number of aromatic nitrogens is 2. The first-order chi connectivity index (χ1) is 5.24. The number of aliphatic hydroxyl groups is 1. The first kappa shape index (κ1) is 8.07. The Kier molecular flexibility index (Phi) is 2.48. The largest absolute Gasteiger partial charge is 0.396 e. The minimum absolute atomic E-state index is 0.195. The van der Waals surface area contributed by atoms with Crippen molar-refractivity contribution >= 4 is 5.82 Å². The minimum atomic E-state index is 0.195. The van der Waals surface area contributed by atoms with Crippen molar-refractivity contribution in [2.45, 2.75) is 19.3 Å². The summed E-state index contributed by atoms with van der Waals surface area (Å²) in [5.74, 6) is 0.801. The Balaban J connectivity index is 2.60. The van der Waals surface area contributed by atoms with E-state index in [9.17, 15) is 0 Å². The van der Waals surface area contributed by atoms with Crippen molar-refractivity contribution in [2.24, 2.45) is 0 Å². The number of nitrogens with one attached hydrogen (secondary N) is 1. The summed E-state index contributed by atoms with van der Waals surface area (Å²) in [6, 6.07) is 1.79. The summed E-state index contributed by atoms with van der Waals surface area (Å²) in [4.78, 5) is 0. The molecule has 0 radical (unpaired) electrons. The average Bonchev–Trinajstić information content (AvgIpc) is 2.36. The lowest BCUT2D eigenvalue weighted by atomic mass is 10.1. The number of aliphatic hydroxyl groups excluding tert-OH is 1. The number of hydrogen-bond acceptors (Lipinski definition) is 3. The molecule has 0 fully saturated rings. The molecule has 0 bridgehead atoms. The molecule has 1 heterocycles. The zero-order chi connectivity index (χ0) is 8.27. The number of nitrogen functional groups attached to an aromatic ring is 1. The molecule has 4 nitrogen and oxygen atoms in total. The van der Waals surface area contributed by atoms with E-state index in [1.54, 1.807) is 6.07 Å². The van der Waals surface area contributed by atoms with Gasteiger partial charge in [0, 0.05) is 24.3 Å². The maximum Gasteiger partial charge on any atom is 0.145 e. The van der Waals surface area contributed by atoms with E-state index in [1.165, 1.54) is 0 Å². The molecule has 0 aliphatic carbocycles. The number of rotatable bonds is 3. The predicted octanol–water partition coefficient (Wildman–Crippen LogP) is 0.478. The van der Waals surface area contributed by atoms with Gasteiger partial charge in [0.1, 0.15) is 5.82 Å². The molecular formula is C7H13N3O. The Morgan fingerprint density at radius 3 is 3.00 bits per heavy atom. The van der Waals surface area contributed by atoms with E-state index in [2.05, 4.69) is 10.2 Å². The quantitative estimate of drug-likeness (QED) is 0.594. The number of hydrogen-bond donors (Lipinski definition) is 3. The van der Waals surface area contributed by atoms with Gasteiger partial charge >= 0.3 is 0 Å². The first-order valence-electron chi connectivity index (χ1n) is 3.65. The fourth-order valence-corrected chi connectivity index (χ4v) is 0.955. The highest BCUT2D eigenvalue weighted by Crippen LogP contribution is 2.16. The lowest BCUT2D eigenvalue weighted by Gasteiger charge is -2.04. The molecule has 0 aliphatic rings. The summed E-state index contributed by atoms with van der Waals surface area (Å²) in [5, 5.41) is 15.2. The molecular weight excluding hydrogens is 142 g/mol. The second kappa shape index (κ2) is 3.39. The van der Waals surface area contributed by atoms with Crippen molar-refractivity contribution in [2.75, 3.05) is 12.3 Å². The van der Waals surface area contributed by atoms with E-state index >= 15 is 0 Å². The van der Waals surface area contributed by atoms with Crippen LogP contribution in [-0.2, 0) is 0 Å². The van der Waals surface area contributed by atoms with Crippen LogP contribution in [0.2, 0.25) is 0 Å². The molecule has 1 atom stereocenters. The van der Waals surface area contributed by atoms with E-state index in [4.69, 9.17) is 10.8 Å². The van der Waals surface area contributed by atoms with Gasteiger partial charge < -0.3 is 10.8 Å². The Morgan fingerprint density at radius 1 is 1.82 bits per heavy atom. The second-order valence-corrected chi connectivity index (χ2v) is 2.66. The molecule has 0 aliphatic heterocycles. The molecule has 0 aromatic carbocycles. The Labute approximate surface area is 65.4 Å². The van der Waals surface area contributed by atoms with Crippen LogP contribution in [0.3, 0.4) is 0 Å². The Bertz CT molecular complexity index is 221. The maximum absolute atomic E-state index is 8.64. The van der Waals surface area contributed by atoms with E-state index in [1.807, 2.05) is 6.92 Å². The molecule has 1 rings (SSSR count). The molecule has 1 aromatic rings. The van der Waals surface area contributed by atoms with Gasteiger partial charge in [-0.2, -0.15) is 5.10 Å². The van der Waals surface area contributed by atoms with Crippen molar-refractivity contribution in [1.29, 1.82) is 0 Å². The molecule has 0 saturated heterocycles. The highest BCUT2D eigenvalue weighted by molar-refractivity contribution is 5.29. The lowest BCUT2D eigenvalue weighted by molar-refractivity contribution is 0.278. The normalized spacial score (nSPS) is 13.3. The SMILES string of the molecule is CC(CCO)c1cc(N)n[nH]1. The van der Waals surface area contributed by atoms with Crippen molar-refractivity contribution in [3.8, 4) is 0 Å². The van der Waals surface area contributed by atoms with Gasteiger partial charge in [-0.15, -0.1) is 0 Å². The molecule has 11 heavy (non-hydrogen) atoms. The third kappa shape index (κ3) is 1.94. The third-order valence-corrected chi connectivity index (χ3v) is 1.71. The number of aromatic amines is 1. The summed E-state index contributed by atoms with van der Waals surface area (Å²) in [5.41, 5.74) is 6.39. The van der Waals surface area contributed by atoms with Crippen LogP contribution in [0.1, 0.15) is 25.0 Å². The zero-order valence-electron chi connectivity index (χ0n) is 6.54. The molecule has 4 N–H and O–H groups in total. The van der Waals surface area contributed by atoms with Crippen LogP contribution >= 0.6 is 0 Å². The van der Waals surface area contributed by atoms with Gasteiger partial charge in [-0.1, -0.05) is 6.92 Å². The van der Waals surface area contributed by atoms with E-state index in [0.717, 1.165) is 12.1 Å². The van der Waals surface area contributed by atoms with Gasteiger partial charge in [-0.3, -0.25) is 5.10 Å². The van der Waals surface area contributed by atoms with Crippen LogP contribution in [0, 0.1) is 0 Å². The Hall–Kier alpha value is -1.03. The lowest BCUT2D eigenvalue weighted by Crippen LogP contribution is -1.96. The number of anilines is 1. The minimum Gasteiger partial charge on any atom is -0.396 e. The molecule has 62 valence electrons. The van der Waals surface area contributed by atoms with Crippen molar-refractivity contribution in [3.63, 3.8) is 0 Å². The molecule has 1 unspecified atom stereocenters. The van der Waals surface area contributed by atoms with Gasteiger partial charge in [0.25, 0.3) is 0 Å². The second-order valence-electron chi connectivity index (χ2n) is 2.66. The molecule has 4 heteroatoms. The third-order valence-electron chi connectivity index (χ3n) is 1.71. The zero-order valence-corrected chi connectivity index (χ0v) is 6.54. The molecule has 0 spiro atoms. The van der Waals surface area contributed by atoms with Gasteiger partial charge in [-0.25, -0.2) is 0 Å². The summed E-state index contributed by atoms with van der Waals surface area (Å²) >= 11 is 0. The van der Waals surface area contributed by atoms with Crippen molar-refractivity contribution in [3.05, 3.63) is 11.8 Å². The van der Waals surface area contributed by atoms with Crippen LogP contribution in [0.4, 0.5) is 5.82 Å². The molecule has 1 aromatic heterocycles.